The lowest BCUT2D eigenvalue weighted by Crippen LogP contribution is -2.22. The zero-order valence-electron chi connectivity index (χ0n) is 11.7. The van der Waals surface area contributed by atoms with Crippen LogP contribution >= 0.6 is 0 Å². The summed E-state index contributed by atoms with van der Waals surface area (Å²) < 4.78 is 16.7. The Hall–Kier alpha value is -2.64. The maximum absolute atomic E-state index is 13.8. The van der Waals surface area contributed by atoms with Crippen molar-refractivity contribution in [3.8, 4) is 0 Å². The van der Waals surface area contributed by atoms with E-state index in [0.717, 1.165) is 0 Å². The molecule has 0 radical (unpaired) electrons. The third-order valence-corrected chi connectivity index (χ3v) is 3.65. The Bertz CT molecular complexity index is 899. The van der Waals surface area contributed by atoms with E-state index < -0.39 is 0 Å². The molecule has 1 heterocycles. The molecule has 0 unspecified atom stereocenters. The van der Waals surface area contributed by atoms with Gasteiger partial charge in [-0.1, -0.05) is 18.2 Å². The van der Waals surface area contributed by atoms with Crippen LogP contribution < -0.4 is 10.8 Å². The predicted octanol–water partition coefficient (Wildman–Crippen LogP) is 2.22. The number of hydrogen-bond donors (Lipinski definition) is 1. The van der Waals surface area contributed by atoms with E-state index in [1.54, 1.807) is 36.0 Å². The summed E-state index contributed by atoms with van der Waals surface area (Å²) in [6.07, 6.45) is 0. The molecule has 3 aromatic rings. The van der Waals surface area contributed by atoms with Gasteiger partial charge in [0.05, 0.1) is 23.1 Å². The van der Waals surface area contributed by atoms with E-state index in [9.17, 15) is 14.4 Å². The lowest BCUT2D eigenvalue weighted by Gasteiger charge is -2.21. The van der Waals surface area contributed by atoms with E-state index in [-0.39, 0.29) is 34.2 Å². The van der Waals surface area contributed by atoms with E-state index in [1.165, 1.54) is 22.9 Å². The highest BCUT2D eigenvalue weighted by Crippen LogP contribution is 2.19. The predicted molar refractivity (Wildman–Crippen MR) is 80.3 cm³/mol. The molecule has 6 nitrogen and oxygen atoms in total. The number of hydrogen-bond acceptors (Lipinski definition) is 4. The summed E-state index contributed by atoms with van der Waals surface area (Å²) in [5.74, 6) is -0.388. The van der Waals surface area contributed by atoms with E-state index >= 15 is 0 Å². The summed E-state index contributed by atoms with van der Waals surface area (Å²) in [5.41, 5.74) is 0.591. The van der Waals surface area contributed by atoms with E-state index in [2.05, 4.69) is 0 Å². The minimum absolute atomic E-state index is 0.0340. The Labute approximate surface area is 124 Å². The Kier molecular flexibility index (Phi) is 3.44. The fourth-order valence-electron chi connectivity index (χ4n) is 2.47. The maximum Gasteiger partial charge on any atom is 0.274 e. The summed E-state index contributed by atoms with van der Waals surface area (Å²) in [4.78, 5) is 12.5. The molecule has 2 aromatic carbocycles. The van der Waals surface area contributed by atoms with Crippen LogP contribution in [0, 0.1) is 11.0 Å². The molecule has 0 fully saturated rings. The SMILES string of the molecule is Cn1c2ccc(N([O-])O)cc2c(=O)n1Cc1ccccc1F. The van der Waals surface area contributed by atoms with Crippen LogP contribution in [-0.4, -0.2) is 14.6 Å². The lowest BCUT2D eigenvalue weighted by atomic mass is 10.2. The number of rotatable bonds is 3. The first-order valence-corrected chi connectivity index (χ1v) is 6.58. The highest BCUT2D eigenvalue weighted by Gasteiger charge is 2.13. The van der Waals surface area contributed by atoms with Crippen molar-refractivity contribution >= 4 is 16.6 Å². The molecule has 0 saturated heterocycles. The largest absolute Gasteiger partial charge is 0.733 e. The first-order chi connectivity index (χ1) is 10.5. The summed E-state index contributed by atoms with van der Waals surface area (Å²) in [6, 6.07) is 10.5. The molecule has 3 rings (SSSR count). The van der Waals surface area contributed by atoms with Crippen molar-refractivity contribution < 1.29 is 9.60 Å². The summed E-state index contributed by atoms with van der Waals surface area (Å²) >= 11 is 0. The van der Waals surface area contributed by atoms with Crippen LogP contribution in [0.1, 0.15) is 5.56 Å². The Balaban J connectivity index is 2.15. The highest BCUT2D eigenvalue weighted by atomic mass is 19.1. The molecular formula is C15H13FN3O3-. The molecule has 0 aliphatic heterocycles. The molecule has 0 spiro atoms. The third kappa shape index (κ3) is 2.26. The van der Waals surface area contributed by atoms with Gasteiger partial charge in [0.25, 0.3) is 5.56 Å². The quantitative estimate of drug-likeness (QED) is 0.753. The van der Waals surface area contributed by atoms with Crippen molar-refractivity contribution in [1.29, 1.82) is 0 Å². The number of benzene rings is 2. The van der Waals surface area contributed by atoms with E-state index in [0.29, 0.717) is 11.1 Å². The monoisotopic (exact) mass is 302 g/mol. The Morgan fingerprint density at radius 2 is 2.00 bits per heavy atom. The van der Waals surface area contributed by atoms with Gasteiger partial charge in [-0.05, 0) is 24.3 Å². The fraction of sp³-hybridized carbons (Fsp3) is 0.133. The van der Waals surface area contributed by atoms with Gasteiger partial charge >= 0.3 is 0 Å². The van der Waals surface area contributed by atoms with E-state index in [1.807, 2.05) is 0 Å². The highest BCUT2D eigenvalue weighted by molar-refractivity contribution is 5.82. The molecule has 114 valence electrons. The molecule has 0 bridgehead atoms. The summed E-state index contributed by atoms with van der Waals surface area (Å²) in [7, 11) is 1.68. The third-order valence-electron chi connectivity index (χ3n) is 3.65. The van der Waals surface area contributed by atoms with Crippen LogP contribution in [0.15, 0.2) is 47.3 Å². The van der Waals surface area contributed by atoms with Gasteiger partial charge < -0.3 is 10.4 Å². The van der Waals surface area contributed by atoms with Gasteiger partial charge in [0.1, 0.15) is 5.82 Å². The van der Waals surface area contributed by atoms with Crippen LogP contribution in [0.3, 0.4) is 0 Å². The summed E-state index contributed by atoms with van der Waals surface area (Å²) in [5, 5.41) is 19.9. The second-order valence-corrected chi connectivity index (χ2v) is 4.95. The van der Waals surface area contributed by atoms with Crippen LogP contribution in [0.5, 0.6) is 0 Å². The molecule has 0 amide bonds. The van der Waals surface area contributed by atoms with Crippen molar-refractivity contribution in [3.63, 3.8) is 0 Å². The van der Waals surface area contributed by atoms with Gasteiger partial charge in [-0.15, -0.1) is 0 Å². The fourth-order valence-corrected chi connectivity index (χ4v) is 2.47. The number of aromatic nitrogens is 2. The molecular weight excluding hydrogens is 289 g/mol. The van der Waals surface area contributed by atoms with Gasteiger partial charge in [-0.3, -0.25) is 14.7 Å². The second-order valence-electron chi connectivity index (χ2n) is 4.95. The van der Waals surface area contributed by atoms with Crippen molar-refractivity contribution in [2.24, 2.45) is 7.05 Å². The standard InChI is InChI=1S/C15H13FN3O3/c1-17-14-7-6-11(19(21)22)8-12(14)15(20)18(17)9-10-4-2-3-5-13(10)16/h2-8,21H,9H2,1H3/q-1. The van der Waals surface area contributed by atoms with Gasteiger partial charge in [-0.25, -0.2) is 9.07 Å². The molecule has 7 heteroatoms. The molecule has 1 N–H and O–H groups in total. The van der Waals surface area contributed by atoms with Crippen LogP contribution in [-0.2, 0) is 13.6 Å². The van der Waals surface area contributed by atoms with E-state index in [4.69, 9.17) is 5.21 Å². The van der Waals surface area contributed by atoms with Gasteiger partial charge in [0, 0.05) is 12.6 Å². The van der Waals surface area contributed by atoms with Crippen molar-refractivity contribution in [3.05, 3.63) is 69.4 Å². The normalized spacial score (nSPS) is 11.1. The van der Waals surface area contributed by atoms with Crippen molar-refractivity contribution in [2.45, 2.75) is 6.54 Å². The number of aryl methyl sites for hydroxylation is 1. The number of anilines is 1. The molecule has 0 aliphatic carbocycles. The van der Waals surface area contributed by atoms with Gasteiger partial charge in [-0.2, -0.15) is 0 Å². The molecule has 0 aliphatic rings. The molecule has 22 heavy (non-hydrogen) atoms. The van der Waals surface area contributed by atoms with Crippen molar-refractivity contribution in [1.82, 2.24) is 9.36 Å². The maximum atomic E-state index is 13.8. The van der Waals surface area contributed by atoms with Crippen LogP contribution in [0.4, 0.5) is 10.1 Å². The second kappa shape index (κ2) is 5.28. The van der Waals surface area contributed by atoms with Gasteiger partial charge in [0.15, 0.2) is 0 Å². The average molecular weight is 302 g/mol. The summed E-state index contributed by atoms with van der Waals surface area (Å²) in [6.45, 7) is 0.0756. The zero-order chi connectivity index (χ0) is 15.9. The van der Waals surface area contributed by atoms with Crippen LogP contribution in [0.2, 0.25) is 0 Å². The topological polar surface area (TPSA) is 73.5 Å². The Morgan fingerprint density at radius 3 is 2.68 bits per heavy atom. The number of nitrogens with zero attached hydrogens (tertiary/aromatic N) is 3. The first-order valence-electron chi connectivity index (χ1n) is 6.58. The first kappa shape index (κ1) is 14.3. The smallest absolute Gasteiger partial charge is 0.274 e. The molecule has 0 atom stereocenters. The number of fused-ring (bicyclic) bond motifs is 1. The minimum Gasteiger partial charge on any atom is -0.733 e. The van der Waals surface area contributed by atoms with Gasteiger partial charge in [0.2, 0.25) is 0 Å². The van der Waals surface area contributed by atoms with Crippen molar-refractivity contribution in [2.75, 3.05) is 5.23 Å². The zero-order valence-corrected chi connectivity index (χ0v) is 11.7. The van der Waals surface area contributed by atoms with Crippen LogP contribution in [0.25, 0.3) is 10.9 Å². The average Bonchev–Trinajstić information content (AvgIpc) is 2.74. The Morgan fingerprint density at radius 1 is 1.27 bits per heavy atom. The minimum atomic E-state index is -0.388. The number of halogens is 1. The molecule has 0 saturated carbocycles. The lowest BCUT2D eigenvalue weighted by molar-refractivity contribution is 0.296. The molecule has 1 aromatic heterocycles.